The highest BCUT2D eigenvalue weighted by Gasteiger charge is 2.40. The highest BCUT2D eigenvalue weighted by atomic mass is 32.2. The van der Waals surface area contributed by atoms with Crippen LogP contribution in [-0.2, 0) is 117 Å². The number of guanidine groups is 1. The van der Waals surface area contributed by atoms with Crippen LogP contribution in [0.3, 0.4) is 0 Å². The molecule has 56 nitrogen and oxygen atoms in total. The molecule has 1 aromatic rings. The van der Waals surface area contributed by atoms with Gasteiger partial charge in [-0.15, -0.1) is 0 Å². The summed E-state index contributed by atoms with van der Waals surface area (Å²) < 4.78 is 0. The quantitative estimate of drug-likeness (QED) is 0.0164. The summed E-state index contributed by atoms with van der Waals surface area (Å²) in [4.78, 5) is 312. The molecule has 19 amide bonds. The Morgan fingerprint density at radius 2 is 0.577 bits per heavy atom. The third kappa shape index (κ3) is 54.0. The number of hydrogen-bond donors (Lipinski definition) is 33. The fourth-order valence-electron chi connectivity index (χ4n) is 13.9. The van der Waals surface area contributed by atoms with Gasteiger partial charge in [0.2, 0.25) is 112 Å². The van der Waals surface area contributed by atoms with Gasteiger partial charge in [0.1, 0.15) is 115 Å². The van der Waals surface area contributed by atoms with Crippen molar-refractivity contribution in [1.82, 2.24) is 106 Å². The van der Waals surface area contributed by atoms with E-state index < -0.39 is 302 Å². The molecule has 0 heterocycles. The van der Waals surface area contributed by atoms with Crippen LogP contribution in [0.2, 0.25) is 0 Å². The number of aliphatic carboxylic acids is 4. The van der Waals surface area contributed by atoms with Crippen LogP contribution in [0.15, 0.2) is 30.3 Å². The second-order valence-corrected chi connectivity index (χ2v) is 37.4. The number of unbranched alkanes of at least 4 members (excludes halogenated alkanes) is 4. The Morgan fingerprint density at radius 3 is 0.893 bits per heavy atom. The Kier molecular flexibility index (Phi) is 65.5. The highest BCUT2D eigenvalue weighted by Crippen LogP contribution is 2.16. The number of hydrogen-bond acceptors (Lipinski definition) is 33. The smallest absolute Gasteiger partial charge is 0.326 e. The summed E-state index contributed by atoms with van der Waals surface area (Å²) in [6, 6.07) is -22.6. The lowest BCUT2D eigenvalue weighted by Crippen LogP contribution is -2.61. The van der Waals surface area contributed by atoms with Gasteiger partial charge in [0.05, 0.1) is 25.2 Å². The minimum Gasteiger partial charge on any atom is -0.481 e. The van der Waals surface area contributed by atoms with Gasteiger partial charge < -0.3 is 171 Å². The molecule has 0 fully saturated rings. The monoisotopic (exact) mass is 2150 g/mol. The van der Waals surface area contributed by atoms with E-state index in [1.165, 1.54) is 58.1 Å². The molecule has 39 N–H and O–H groups in total. The molecule has 0 aliphatic rings. The Balaban J connectivity index is 3.40. The predicted octanol–water partition coefficient (Wildman–Crippen LogP) is -10.1. The van der Waals surface area contributed by atoms with E-state index in [2.05, 4.69) is 106 Å². The molecule has 1 rings (SSSR count). The summed E-state index contributed by atoms with van der Waals surface area (Å²) in [6.45, 7) is 9.31. The minimum absolute atomic E-state index is 0.0244. The fourth-order valence-corrected chi connectivity index (χ4v) is 14.9. The number of nitrogens with one attached hydrogen (secondary N) is 21. The normalized spacial score (nSPS) is 15.3. The van der Waals surface area contributed by atoms with Gasteiger partial charge in [-0.3, -0.25) is 111 Å². The molecular formula is C91H155N27O29S2. The first-order valence-electron chi connectivity index (χ1n) is 48.9. The maximum absolute atomic E-state index is 14.4. The number of aliphatic hydroxyl groups is 2. The Morgan fingerprint density at radius 1 is 0.309 bits per heavy atom. The van der Waals surface area contributed by atoms with Crippen LogP contribution < -0.4 is 141 Å². The molecule has 840 valence electrons. The SMILES string of the molecule is CSCC[C@H](NC(=O)[C@H](C)NC(=O)[C@H](CCC(=O)O)NC(=O)[C@H](CCCCN)NC(=O)[C@H](CCSC)NC(=O)[C@H](C)NC(=O)[C@H](C)NC(=O)[C@H](C)NC(=O)[C@H](C)NC(=O)[C@@H](NC(=O)[C@H](CO)NC(=O)[C@@H](N)CCCNC(=N)N)[C@@H](C)O)C(=O)N[C@@H](CC(=O)O)C(=O)N[C@@H](CCCCN)C(=O)N[C@@H](C)C(=O)N[C@@H](CCC(=O)O)C(=O)N[C@@H](C)C(=O)N[C@@H](CCCCN)C(=O)N[C@@H](Cc1ccccc1)C(=O)N[C@@H](CCCCN)C(=O)O. The lowest BCUT2D eigenvalue weighted by atomic mass is 10.0. The maximum Gasteiger partial charge on any atom is 0.326 e. The van der Waals surface area contributed by atoms with Gasteiger partial charge in [0, 0.05) is 25.8 Å². The number of amides is 19. The van der Waals surface area contributed by atoms with E-state index in [9.17, 15) is 141 Å². The maximum atomic E-state index is 14.4. The van der Waals surface area contributed by atoms with Gasteiger partial charge >= 0.3 is 23.9 Å². The number of thioether (sulfide) groups is 2. The number of nitrogens with two attached hydrogens (primary N) is 6. The summed E-state index contributed by atoms with van der Waals surface area (Å²) in [5.74, 6) is -25.5. The molecular weight excluding hydrogens is 2000 g/mol. The summed E-state index contributed by atoms with van der Waals surface area (Å²) >= 11 is 2.43. The van der Waals surface area contributed by atoms with Crippen LogP contribution in [0, 0.1) is 5.41 Å². The Bertz CT molecular complexity index is 4590. The zero-order valence-electron chi connectivity index (χ0n) is 85.6. The van der Waals surface area contributed by atoms with Gasteiger partial charge in [-0.1, -0.05) is 30.3 Å². The summed E-state index contributed by atoms with van der Waals surface area (Å²) in [6.07, 6.45) is -0.460. The van der Waals surface area contributed by atoms with Crippen molar-refractivity contribution in [2.45, 2.75) is 324 Å². The zero-order valence-corrected chi connectivity index (χ0v) is 87.2. The van der Waals surface area contributed by atoms with Crippen molar-refractivity contribution in [3.05, 3.63) is 35.9 Å². The van der Waals surface area contributed by atoms with E-state index in [0.29, 0.717) is 31.2 Å². The second-order valence-electron chi connectivity index (χ2n) is 35.5. The van der Waals surface area contributed by atoms with Crippen LogP contribution in [0.1, 0.15) is 196 Å². The van der Waals surface area contributed by atoms with E-state index in [-0.39, 0.29) is 134 Å². The molecule has 1 aromatic carbocycles. The first-order valence-corrected chi connectivity index (χ1v) is 51.6. The van der Waals surface area contributed by atoms with Crippen LogP contribution in [-0.4, -0.2) is 363 Å². The molecule has 0 saturated carbocycles. The molecule has 0 aliphatic carbocycles. The van der Waals surface area contributed by atoms with E-state index in [4.69, 9.17) is 39.8 Å². The van der Waals surface area contributed by atoms with Crippen molar-refractivity contribution in [3.8, 4) is 0 Å². The minimum atomic E-state index is -2.03. The molecule has 0 unspecified atom stereocenters. The van der Waals surface area contributed by atoms with Crippen LogP contribution in [0.5, 0.6) is 0 Å². The second kappa shape index (κ2) is 72.9. The first kappa shape index (κ1) is 134. The van der Waals surface area contributed by atoms with E-state index in [0.717, 1.165) is 20.8 Å². The van der Waals surface area contributed by atoms with Gasteiger partial charge in [0.25, 0.3) is 0 Å². The van der Waals surface area contributed by atoms with Crippen molar-refractivity contribution < 1.29 is 141 Å². The number of rotatable bonds is 77. The molecule has 0 aromatic heterocycles. The lowest BCUT2D eigenvalue weighted by molar-refractivity contribution is -0.142. The van der Waals surface area contributed by atoms with Crippen molar-refractivity contribution in [2.75, 3.05) is 63.3 Å². The van der Waals surface area contributed by atoms with Crippen molar-refractivity contribution in [3.63, 3.8) is 0 Å². The molecule has 0 saturated heterocycles. The Hall–Kier alpha value is -13.3. The molecule has 58 heteroatoms. The van der Waals surface area contributed by atoms with Crippen molar-refractivity contribution >= 4 is 166 Å². The van der Waals surface area contributed by atoms with Gasteiger partial charge in [-0.2, -0.15) is 23.5 Å². The Labute approximate surface area is 871 Å². The van der Waals surface area contributed by atoms with E-state index >= 15 is 0 Å². The number of aliphatic hydroxyl groups excluding tert-OH is 2. The lowest BCUT2D eigenvalue weighted by Gasteiger charge is -2.27. The third-order valence-electron chi connectivity index (χ3n) is 22.8. The topological polar surface area (TPSA) is 935 Å². The molecule has 0 radical (unpaired) electrons. The standard InChI is InChI=1S/C91H155N27O29S2/c1-46(101-73(129)48(3)106-89(145)70(53(8)120)118-88(144)66(45-119)117-78(134)55(96)25-22-40-99-91(97)98)71(127)100-47(2)72(128)102-49(4)74(130)109-61(34-41-148-9)84(140)111-58(28-16-20-38-94)82(138)113-60(31-33-68(123)124)81(137)105-52(7)77(133)110-62(35-42-149-10)85(141)116-65(44-69(125)126)87(143)112-56(26-14-18-36-92)79(135)103-51(6)76(132)108-59(30-32-67(121)122)80(136)104-50(5)75(131)107-57(27-15-19-37-93)83(139)115-64(43-54-23-12-11-13-24-54)86(142)114-63(90(146)147)29-17-21-39-95/h11-13,23-24,46-53,55-66,70,119-120H,14-22,25-45,92-96H2,1-10H3,(H,100,127)(H,101,129)(H,102,128)(H,103,135)(H,104,136)(H,105,137)(H,106,145)(H,107,131)(H,108,132)(H,109,130)(H,110,133)(H,111,140)(H,112,143)(H,113,138)(H,114,142)(H,115,139)(H,116,141)(H,117,134)(H,118,144)(H,121,122)(H,123,124)(H,125,126)(H,146,147)(H4,97,98,99)/t46-,47-,48-,49-,50-,51-,52-,53+,55-,56-,57-,58-,59-,60-,61-,62-,63-,64-,65-,66-,70-/m0/s1. The summed E-state index contributed by atoms with van der Waals surface area (Å²) in [7, 11) is 0. The average molecular weight is 2160 g/mol. The average Bonchev–Trinajstić information content (AvgIpc) is 0.868. The van der Waals surface area contributed by atoms with Gasteiger partial charge in [0.15, 0.2) is 5.96 Å². The molecule has 0 aliphatic heterocycles. The molecule has 149 heavy (non-hydrogen) atoms. The van der Waals surface area contributed by atoms with E-state index in [1.807, 2.05) is 0 Å². The molecule has 0 spiro atoms. The van der Waals surface area contributed by atoms with Crippen LogP contribution >= 0.6 is 23.5 Å². The number of benzene rings is 1. The number of carboxylic acid groups (broad SMARTS) is 4. The zero-order chi connectivity index (χ0) is 113. The van der Waals surface area contributed by atoms with Gasteiger partial charge in [-0.05, 0) is 227 Å². The van der Waals surface area contributed by atoms with Crippen molar-refractivity contribution in [1.29, 1.82) is 5.41 Å². The summed E-state index contributed by atoms with van der Waals surface area (Å²) in [5.41, 5.74) is 34.6. The predicted molar refractivity (Wildman–Crippen MR) is 544 cm³/mol. The fraction of sp³-hybridized carbons (Fsp3) is 0.670. The number of carbonyl (C=O) groups is 23. The summed E-state index contributed by atoms with van der Waals surface area (Å²) in [5, 5.41) is 115. The number of carbonyl (C=O) groups excluding carboxylic acids is 19. The van der Waals surface area contributed by atoms with E-state index in [1.54, 1.807) is 42.8 Å². The molecule has 21 atom stereocenters. The molecule has 0 bridgehead atoms. The van der Waals surface area contributed by atoms with Crippen LogP contribution in [0.25, 0.3) is 0 Å². The number of carboxylic acids is 4. The highest BCUT2D eigenvalue weighted by molar-refractivity contribution is 7.98. The first-order chi connectivity index (χ1) is 70.2. The van der Waals surface area contributed by atoms with Crippen molar-refractivity contribution in [2.24, 2.45) is 34.4 Å². The largest absolute Gasteiger partial charge is 0.481 e. The van der Waals surface area contributed by atoms with Crippen LogP contribution in [0.4, 0.5) is 0 Å². The third-order valence-corrected chi connectivity index (χ3v) is 24.1. The van der Waals surface area contributed by atoms with Gasteiger partial charge in [-0.25, -0.2) is 4.79 Å².